The van der Waals surface area contributed by atoms with Gasteiger partial charge in [0.2, 0.25) is 0 Å². The van der Waals surface area contributed by atoms with Gasteiger partial charge in [0.25, 0.3) is 0 Å². The second-order valence-corrected chi connectivity index (χ2v) is 5.56. The van der Waals surface area contributed by atoms with Gasteiger partial charge < -0.3 is 0 Å². The van der Waals surface area contributed by atoms with Gasteiger partial charge in [-0.1, -0.05) is 12.1 Å². The normalized spacial score (nSPS) is 12.3. The average Bonchev–Trinajstić information content (AvgIpc) is 2.45. The summed E-state index contributed by atoms with van der Waals surface area (Å²) in [6, 6.07) is 12.8. The molecule has 0 fully saturated rings. The molecule has 106 valence electrons. The Morgan fingerprint density at radius 2 is 1.80 bits per heavy atom. The van der Waals surface area contributed by atoms with Gasteiger partial charge in [-0.2, -0.15) is 0 Å². The minimum Gasteiger partial charge on any atom is -0.271 e. The molecule has 5 heteroatoms. The van der Waals surface area contributed by atoms with E-state index in [1.54, 1.807) is 30.0 Å². The van der Waals surface area contributed by atoms with Crippen LogP contribution < -0.4 is 11.3 Å². The van der Waals surface area contributed by atoms with Crippen molar-refractivity contribution < 1.29 is 8.78 Å². The van der Waals surface area contributed by atoms with E-state index >= 15 is 0 Å². The van der Waals surface area contributed by atoms with Crippen LogP contribution in [0.1, 0.15) is 5.56 Å². The van der Waals surface area contributed by atoms with Crippen LogP contribution in [0.4, 0.5) is 8.78 Å². The van der Waals surface area contributed by atoms with E-state index < -0.39 is 0 Å². The number of hydrogen-bond donors (Lipinski definition) is 2. The number of hydrazine groups is 1. The Bertz CT molecular complexity index is 546. The van der Waals surface area contributed by atoms with Crippen LogP contribution in [0.15, 0.2) is 53.4 Å². The SMILES string of the molecule is NNC(CSc1ccc(F)cc1)Cc1cccc(F)c1. The number of hydrogen-bond acceptors (Lipinski definition) is 3. The summed E-state index contributed by atoms with van der Waals surface area (Å²) in [4.78, 5) is 0.978. The van der Waals surface area contributed by atoms with Crippen molar-refractivity contribution in [1.82, 2.24) is 5.43 Å². The zero-order valence-corrected chi connectivity index (χ0v) is 11.7. The Balaban J connectivity index is 1.90. The second-order valence-electron chi connectivity index (χ2n) is 4.46. The molecule has 0 aromatic heterocycles. The minimum atomic E-state index is -0.248. The van der Waals surface area contributed by atoms with E-state index in [1.807, 2.05) is 6.07 Å². The first kappa shape index (κ1) is 15.0. The van der Waals surface area contributed by atoms with Gasteiger partial charge in [0.1, 0.15) is 11.6 Å². The summed E-state index contributed by atoms with van der Waals surface area (Å²) in [7, 11) is 0. The molecular formula is C15H16F2N2S. The molecule has 1 atom stereocenters. The predicted octanol–water partition coefficient (Wildman–Crippen LogP) is 3.13. The van der Waals surface area contributed by atoms with Crippen molar-refractivity contribution in [3.63, 3.8) is 0 Å². The number of nitrogens with two attached hydrogens (primary N) is 1. The molecule has 2 rings (SSSR count). The fourth-order valence-corrected chi connectivity index (χ4v) is 2.78. The molecule has 20 heavy (non-hydrogen) atoms. The smallest absolute Gasteiger partial charge is 0.123 e. The van der Waals surface area contributed by atoms with Gasteiger partial charge in [-0.3, -0.25) is 11.3 Å². The lowest BCUT2D eigenvalue weighted by atomic mass is 10.1. The number of benzene rings is 2. The molecule has 0 bridgehead atoms. The molecule has 0 aliphatic rings. The Labute approximate surface area is 121 Å². The number of nitrogens with one attached hydrogen (secondary N) is 1. The van der Waals surface area contributed by atoms with Gasteiger partial charge in [-0.15, -0.1) is 11.8 Å². The van der Waals surface area contributed by atoms with Gasteiger partial charge in [0.05, 0.1) is 0 Å². The van der Waals surface area contributed by atoms with Crippen molar-refractivity contribution >= 4 is 11.8 Å². The van der Waals surface area contributed by atoms with Crippen LogP contribution in [0.25, 0.3) is 0 Å². The summed E-state index contributed by atoms with van der Waals surface area (Å²) in [6.07, 6.45) is 0.641. The van der Waals surface area contributed by atoms with E-state index in [4.69, 9.17) is 5.84 Å². The van der Waals surface area contributed by atoms with Crippen LogP contribution in [0.5, 0.6) is 0 Å². The highest BCUT2D eigenvalue weighted by molar-refractivity contribution is 7.99. The molecular weight excluding hydrogens is 278 g/mol. The van der Waals surface area contributed by atoms with Crippen molar-refractivity contribution in [2.75, 3.05) is 5.75 Å². The van der Waals surface area contributed by atoms with Crippen molar-refractivity contribution in [2.24, 2.45) is 5.84 Å². The summed E-state index contributed by atoms with van der Waals surface area (Å²) in [5, 5.41) is 0. The number of thioether (sulfide) groups is 1. The van der Waals surface area contributed by atoms with Gasteiger partial charge in [0.15, 0.2) is 0 Å². The first-order valence-corrected chi connectivity index (χ1v) is 7.25. The van der Waals surface area contributed by atoms with Crippen molar-refractivity contribution in [1.29, 1.82) is 0 Å². The Morgan fingerprint density at radius 3 is 2.45 bits per heavy atom. The third kappa shape index (κ3) is 4.59. The fourth-order valence-electron chi connectivity index (χ4n) is 1.84. The lowest BCUT2D eigenvalue weighted by Crippen LogP contribution is -2.38. The minimum absolute atomic E-state index is 0.0202. The van der Waals surface area contributed by atoms with E-state index in [2.05, 4.69) is 5.43 Å². The maximum absolute atomic E-state index is 13.1. The van der Waals surface area contributed by atoms with Crippen molar-refractivity contribution in [2.45, 2.75) is 17.4 Å². The predicted molar refractivity (Wildman–Crippen MR) is 78.3 cm³/mol. The molecule has 0 spiro atoms. The molecule has 2 aromatic rings. The summed E-state index contributed by atoms with van der Waals surface area (Å²) < 4.78 is 25.9. The third-order valence-corrected chi connectivity index (χ3v) is 4.05. The summed E-state index contributed by atoms with van der Waals surface area (Å²) in [5.41, 5.74) is 3.63. The van der Waals surface area contributed by atoms with Gasteiger partial charge in [-0.05, 0) is 48.4 Å². The molecule has 0 saturated carbocycles. The van der Waals surface area contributed by atoms with Crippen LogP contribution in [0.2, 0.25) is 0 Å². The summed E-state index contributed by atoms with van der Waals surface area (Å²) in [6.45, 7) is 0. The van der Waals surface area contributed by atoms with Gasteiger partial charge in [0, 0.05) is 16.7 Å². The highest BCUT2D eigenvalue weighted by atomic mass is 32.2. The monoisotopic (exact) mass is 294 g/mol. The molecule has 2 aromatic carbocycles. The number of rotatable bonds is 6. The molecule has 0 aliphatic carbocycles. The van der Waals surface area contributed by atoms with E-state index in [0.717, 1.165) is 16.2 Å². The Morgan fingerprint density at radius 1 is 1.05 bits per heavy atom. The average molecular weight is 294 g/mol. The Hall–Kier alpha value is -1.43. The molecule has 3 N–H and O–H groups in total. The highest BCUT2D eigenvalue weighted by Gasteiger charge is 2.09. The van der Waals surface area contributed by atoms with E-state index in [-0.39, 0.29) is 17.7 Å². The molecule has 1 unspecified atom stereocenters. The van der Waals surface area contributed by atoms with E-state index in [1.165, 1.54) is 24.3 Å². The quantitative estimate of drug-likeness (QED) is 0.488. The lowest BCUT2D eigenvalue weighted by Gasteiger charge is -2.15. The zero-order chi connectivity index (χ0) is 14.4. The molecule has 0 radical (unpaired) electrons. The lowest BCUT2D eigenvalue weighted by molar-refractivity contribution is 0.570. The summed E-state index contributed by atoms with van der Waals surface area (Å²) >= 11 is 1.58. The maximum Gasteiger partial charge on any atom is 0.123 e. The second kappa shape index (κ2) is 7.38. The van der Waals surface area contributed by atoms with Crippen LogP contribution in [-0.2, 0) is 6.42 Å². The van der Waals surface area contributed by atoms with Crippen LogP contribution in [-0.4, -0.2) is 11.8 Å². The zero-order valence-electron chi connectivity index (χ0n) is 10.9. The molecule has 0 amide bonds. The standard InChI is InChI=1S/C15H16F2N2S/c16-12-4-6-15(7-5-12)20-10-14(19-18)9-11-2-1-3-13(17)8-11/h1-8,14,19H,9-10,18H2. The topological polar surface area (TPSA) is 38.0 Å². The Kier molecular flexibility index (Phi) is 5.52. The van der Waals surface area contributed by atoms with Crippen molar-refractivity contribution in [3.05, 3.63) is 65.7 Å². The van der Waals surface area contributed by atoms with Crippen LogP contribution in [0.3, 0.4) is 0 Å². The molecule has 0 aliphatic heterocycles. The first-order valence-electron chi connectivity index (χ1n) is 6.26. The van der Waals surface area contributed by atoms with Gasteiger partial charge >= 0.3 is 0 Å². The van der Waals surface area contributed by atoms with E-state index in [9.17, 15) is 8.78 Å². The van der Waals surface area contributed by atoms with Gasteiger partial charge in [-0.25, -0.2) is 8.78 Å². The fraction of sp³-hybridized carbons (Fsp3) is 0.200. The summed E-state index contributed by atoms with van der Waals surface area (Å²) in [5.74, 6) is 5.76. The molecule has 0 heterocycles. The first-order chi connectivity index (χ1) is 9.67. The third-order valence-electron chi connectivity index (χ3n) is 2.87. The molecule has 2 nitrogen and oxygen atoms in total. The van der Waals surface area contributed by atoms with Crippen molar-refractivity contribution in [3.8, 4) is 0 Å². The number of halogens is 2. The largest absolute Gasteiger partial charge is 0.271 e. The molecule has 0 saturated heterocycles. The maximum atomic E-state index is 13.1. The van der Waals surface area contributed by atoms with Crippen LogP contribution in [0, 0.1) is 11.6 Å². The van der Waals surface area contributed by atoms with Crippen LogP contribution >= 0.6 is 11.8 Å². The highest BCUT2D eigenvalue weighted by Crippen LogP contribution is 2.20. The van der Waals surface area contributed by atoms with E-state index in [0.29, 0.717) is 6.42 Å².